The van der Waals surface area contributed by atoms with Gasteiger partial charge in [-0.15, -0.1) is 0 Å². The number of aromatic nitrogens is 1. The number of nitrogens with zero attached hydrogens (tertiary/aromatic N) is 1. The van der Waals surface area contributed by atoms with Crippen molar-refractivity contribution in [3.8, 4) is 0 Å². The fourth-order valence-corrected chi connectivity index (χ4v) is 2.03. The lowest BCUT2D eigenvalue weighted by Gasteiger charge is -2.09. The summed E-state index contributed by atoms with van der Waals surface area (Å²) < 4.78 is 4.90. The average molecular weight is 328 g/mol. The number of benzene rings is 1. The van der Waals surface area contributed by atoms with Crippen molar-refractivity contribution in [2.45, 2.75) is 6.92 Å². The molecule has 3 N–H and O–H groups in total. The second kappa shape index (κ2) is 8.64. The number of rotatable bonds is 7. The number of amides is 2. The van der Waals surface area contributed by atoms with Crippen LogP contribution < -0.4 is 16.0 Å². The minimum atomic E-state index is -0.190. The van der Waals surface area contributed by atoms with Crippen molar-refractivity contribution < 1.29 is 14.3 Å². The molecule has 1 heterocycles. The van der Waals surface area contributed by atoms with Crippen LogP contribution in [0.2, 0.25) is 0 Å². The Morgan fingerprint density at radius 1 is 1.17 bits per heavy atom. The van der Waals surface area contributed by atoms with Gasteiger partial charge in [-0.2, -0.15) is 0 Å². The summed E-state index contributed by atoms with van der Waals surface area (Å²) in [5.41, 5.74) is 1.94. The summed E-state index contributed by atoms with van der Waals surface area (Å²) in [6.07, 6.45) is 1.56. The molecular weight excluding hydrogens is 308 g/mol. The van der Waals surface area contributed by atoms with E-state index >= 15 is 0 Å². The smallest absolute Gasteiger partial charge is 0.251 e. The molecule has 0 aliphatic carbocycles. The molecule has 0 bridgehead atoms. The Morgan fingerprint density at radius 3 is 2.71 bits per heavy atom. The van der Waals surface area contributed by atoms with E-state index in [1.54, 1.807) is 37.6 Å². The van der Waals surface area contributed by atoms with Crippen LogP contribution >= 0.6 is 0 Å². The Kier molecular flexibility index (Phi) is 6.27. The van der Waals surface area contributed by atoms with Gasteiger partial charge >= 0.3 is 0 Å². The average Bonchev–Trinajstić information content (AvgIpc) is 2.55. The number of anilines is 3. The first-order valence-corrected chi connectivity index (χ1v) is 7.46. The summed E-state index contributed by atoms with van der Waals surface area (Å²) in [6.45, 7) is 2.35. The van der Waals surface area contributed by atoms with Crippen molar-refractivity contribution in [3.63, 3.8) is 0 Å². The lowest BCUT2D eigenvalue weighted by atomic mass is 10.2. The quantitative estimate of drug-likeness (QED) is 0.677. The largest absolute Gasteiger partial charge is 0.383 e. The van der Waals surface area contributed by atoms with E-state index in [2.05, 4.69) is 20.9 Å². The van der Waals surface area contributed by atoms with Crippen LogP contribution in [0, 0.1) is 0 Å². The van der Waals surface area contributed by atoms with Gasteiger partial charge in [0.2, 0.25) is 5.91 Å². The number of hydrogen-bond acceptors (Lipinski definition) is 5. The van der Waals surface area contributed by atoms with E-state index in [1.807, 2.05) is 12.1 Å². The fourth-order valence-electron chi connectivity index (χ4n) is 2.03. The molecule has 0 aliphatic rings. The van der Waals surface area contributed by atoms with Gasteiger partial charge in [-0.25, -0.2) is 4.98 Å². The third-order valence-electron chi connectivity index (χ3n) is 3.07. The maximum Gasteiger partial charge on any atom is 0.251 e. The summed E-state index contributed by atoms with van der Waals surface area (Å²) in [6, 6.07) is 10.5. The van der Waals surface area contributed by atoms with Crippen molar-refractivity contribution in [1.82, 2.24) is 10.3 Å². The topological polar surface area (TPSA) is 92.3 Å². The van der Waals surface area contributed by atoms with Gasteiger partial charge in [0, 0.05) is 43.7 Å². The van der Waals surface area contributed by atoms with Gasteiger partial charge in [-0.05, 0) is 30.3 Å². The molecule has 24 heavy (non-hydrogen) atoms. The molecule has 2 amide bonds. The van der Waals surface area contributed by atoms with Crippen LogP contribution in [0.4, 0.5) is 17.2 Å². The Hall–Kier alpha value is -2.93. The van der Waals surface area contributed by atoms with Gasteiger partial charge in [0.25, 0.3) is 5.91 Å². The molecule has 0 aliphatic heterocycles. The summed E-state index contributed by atoms with van der Waals surface area (Å²) in [4.78, 5) is 27.3. The normalized spacial score (nSPS) is 10.1. The Balaban J connectivity index is 2.06. The molecule has 7 heteroatoms. The summed E-state index contributed by atoms with van der Waals surface area (Å²) in [5.74, 6) is 0.207. The first-order valence-electron chi connectivity index (χ1n) is 7.46. The second-order valence-electron chi connectivity index (χ2n) is 5.07. The fraction of sp³-hybridized carbons (Fsp3) is 0.235. The van der Waals surface area contributed by atoms with E-state index < -0.39 is 0 Å². The van der Waals surface area contributed by atoms with Crippen molar-refractivity contribution in [2.24, 2.45) is 0 Å². The molecule has 1 aromatic heterocycles. The summed E-state index contributed by atoms with van der Waals surface area (Å²) >= 11 is 0. The zero-order valence-corrected chi connectivity index (χ0v) is 13.6. The molecule has 7 nitrogen and oxygen atoms in total. The number of nitrogens with one attached hydrogen (secondary N) is 3. The highest BCUT2D eigenvalue weighted by Crippen LogP contribution is 2.19. The second-order valence-corrected chi connectivity index (χ2v) is 5.07. The number of ether oxygens (including phenoxy) is 1. The van der Waals surface area contributed by atoms with Gasteiger partial charge in [0.15, 0.2) is 0 Å². The van der Waals surface area contributed by atoms with Gasteiger partial charge in [0.1, 0.15) is 5.82 Å². The van der Waals surface area contributed by atoms with E-state index in [1.165, 1.54) is 6.92 Å². The predicted octanol–water partition coefficient (Wildman–Crippen LogP) is 2.16. The van der Waals surface area contributed by atoms with E-state index in [0.29, 0.717) is 30.2 Å². The van der Waals surface area contributed by atoms with Crippen LogP contribution in [-0.2, 0) is 9.53 Å². The monoisotopic (exact) mass is 328 g/mol. The molecule has 0 spiro atoms. The Bertz CT molecular complexity index is 718. The first-order chi connectivity index (χ1) is 11.6. The van der Waals surface area contributed by atoms with E-state index in [0.717, 1.165) is 5.69 Å². The maximum atomic E-state index is 12.0. The first kappa shape index (κ1) is 17.4. The lowest BCUT2D eigenvalue weighted by Crippen LogP contribution is -2.26. The molecule has 2 rings (SSSR count). The van der Waals surface area contributed by atoms with Gasteiger partial charge in [-0.3, -0.25) is 9.59 Å². The molecule has 2 aromatic rings. The van der Waals surface area contributed by atoms with Crippen LogP contribution in [0.5, 0.6) is 0 Å². The molecule has 0 fully saturated rings. The van der Waals surface area contributed by atoms with Gasteiger partial charge in [-0.1, -0.05) is 6.07 Å². The molecule has 0 saturated carbocycles. The van der Waals surface area contributed by atoms with Gasteiger partial charge in [0.05, 0.1) is 6.61 Å². The van der Waals surface area contributed by atoms with E-state index in [9.17, 15) is 9.59 Å². The highest BCUT2D eigenvalue weighted by atomic mass is 16.5. The number of methoxy groups -OCH3 is 1. The van der Waals surface area contributed by atoms with E-state index in [4.69, 9.17) is 4.74 Å². The highest BCUT2D eigenvalue weighted by molar-refractivity contribution is 5.95. The third-order valence-corrected chi connectivity index (χ3v) is 3.07. The molecule has 0 atom stereocenters. The Labute approximate surface area is 140 Å². The Morgan fingerprint density at radius 2 is 1.96 bits per heavy atom. The van der Waals surface area contributed by atoms with E-state index in [-0.39, 0.29) is 11.8 Å². The van der Waals surface area contributed by atoms with Gasteiger partial charge < -0.3 is 20.7 Å². The SMILES string of the molecule is COCCNC(=O)c1ccnc(Nc2cccc(NC(C)=O)c2)c1. The number of hydrogen-bond donors (Lipinski definition) is 3. The summed E-state index contributed by atoms with van der Waals surface area (Å²) in [7, 11) is 1.58. The molecule has 0 radical (unpaired) electrons. The van der Waals surface area contributed by atoms with Crippen LogP contribution in [0.15, 0.2) is 42.6 Å². The highest BCUT2D eigenvalue weighted by Gasteiger charge is 2.07. The molecule has 1 aromatic carbocycles. The lowest BCUT2D eigenvalue weighted by molar-refractivity contribution is -0.114. The molecular formula is C17H20N4O3. The van der Waals surface area contributed by atoms with Crippen LogP contribution in [0.25, 0.3) is 0 Å². The van der Waals surface area contributed by atoms with Crippen LogP contribution in [0.3, 0.4) is 0 Å². The molecule has 126 valence electrons. The van der Waals surface area contributed by atoms with Crippen molar-refractivity contribution >= 4 is 29.0 Å². The third kappa shape index (κ3) is 5.36. The number of pyridine rings is 1. The minimum absolute atomic E-state index is 0.139. The van der Waals surface area contributed by atoms with Crippen molar-refractivity contribution in [1.29, 1.82) is 0 Å². The predicted molar refractivity (Wildman–Crippen MR) is 92.5 cm³/mol. The summed E-state index contributed by atoms with van der Waals surface area (Å²) in [5, 5.41) is 8.58. The number of carbonyl (C=O) groups is 2. The zero-order chi connectivity index (χ0) is 17.4. The molecule has 0 unspecified atom stereocenters. The number of carbonyl (C=O) groups excluding carboxylic acids is 2. The van der Waals surface area contributed by atoms with Crippen LogP contribution in [0.1, 0.15) is 17.3 Å². The minimum Gasteiger partial charge on any atom is -0.383 e. The van der Waals surface area contributed by atoms with Crippen LogP contribution in [-0.4, -0.2) is 37.1 Å². The molecule has 0 saturated heterocycles. The standard InChI is InChI=1S/C17H20N4O3/c1-12(22)20-14-4-3-5-15(11-14)21-16-10-13(6-7-18-16)17(23)19-8-9-24-2/h3-7,10-11H,8-9H2,1-2H3,(H,18,21)(H,19,23)(H,20,22). The maximum absolute atomic E-state index is 12.0. The van der Waals surface area contributed by atoms with Crippen molar-refractivity contribution in [2.75, 3.05) is 30.9 Å². The van der Waals surface area contributed by atoms with Crippen molar-refractivity contribution in [3.05, 3.63) is 48.2 Å². The zero-order valence-electron chi connectivity index (χ0n) is 13.6.